The highest BCUT2D eigenvalue weighted by Crippen LogP contribution is 2.31. The van der Waals surface area contributed by atoms with Crippen LogP contribution in [-0.4, -0.2) is 10.1 Å². The minimum Gasteiger partial charge on any atom is -0.508 e. The van der Waals surface area contributed by atoms with Gasteiger partial charge in [0.1, 0.15) is 10.4 Å². The van der Waals surface area contributed by atoms with Crippen LogP contribution in [0, 0.1) is 0 Å². The van der Waals surface area contributed by atoms with Crippen molar-refractivity contribution in [1.82, 2.24) is 4.98 Å². The van der Waals surface area contributed by atoms with Crippen molar-refractivity contribution in [3.8, 4) is 5.75 Å². The second-order valence-corrected chi connectivity index (χ2v) is 5.91. The fourth-order valence-corrected chi connectivity index (χ4v) is 2.48. The molecule has 2 rings (SSSR count). The molecule has 3 nitrogen and oxygen atoms in total. The number of phenolic OH excluding ortho intramolecular Hbond substituents is 1. The van der Waals surface area contributed by atoms with Crippen molar-refractivity contribution in [3.05, 3.63) is 51.2 Å². The zero-order valence-electron chi connectivity index (χ0n) is 10.4. The van der Waals surface area contributed by atoms with Crippen molar-refractivity contribution in [3.63, 3.8) is 0 Å². The third-order valence-corrected chi connectivity index (χ3v) is 3.80. The van der Waals surface area contributed by atoms with Crippen LogP contribution in [0.25, 0.3) is 0 Å². The lowest BCUT2D eigenvalue weighted by molar-refractivity contribution is 0.462. The second kappa shape index (κ2) is 6.39. The number of nitrogens with one attached hydrogen (secondary N) is 1. The predicted molar refractivity (Wildman–Crippen MR) is 84.4 cm³/mol. The van der Waals surface area contributed by atoms with Gasteiger partial charge in [0.25, 0.3) is 0 Å². The smallest absolute Gasteiger partial charge is 0.120 e. The van der Waals surface area contributed by atoms with Crippen molar-refractivity contribution in [2.24, 2.45) is 0 Å². The molecule has 0 saturated heterocycles. The molecular formula is C14H14Br2N2O. The molecule has 0 amide bonds. The molecule has 0 spiro atoms. The van der Waals surface area contributed by atoms with Gasteiger partial charge in [-0.1, -0.05) is 22.9 Å². The third kappa shape index (κ3) is 3.70. The number of aromatic hydroxyl groups is 1. The van der Waals surface area contributed by atoms with E-state index in [0.717, 1.165) is 26.7 Å². The van der Waals surface area contributed by atoms with E-state index < -0.39 is 0 Å². The Morgan fingerprint density at radius 1 is 1.26 bits per heavy atom. The Morgan fingerprint density at radius 2 is 2.05 bits per heavy atom. The molecule has 0 bridgehead atoms. The summed E-state index contributed by atoms with van der Waals surface area (Å²) >= 11 is 6.74. The summed E-state index contributed by atoms with van der Waals surface area (Å²) < 4.78 is 1.76. The van der Waals surface area contributed by atoms with E-state index >= 15 is 0 Å². The van der Waals surface area contributed by atoms with Gasteiger partial charge in [0.2, 0.25) is 0 Å². The van der Waals surface area contributed by atoms with Crippen LogP contribution in [0.2, 0.25) is 0 Å². The standard InChI is InChI=1S/C14H14Br2N2O/c1-2-12(11-7-9(15)3-5-13(11)19)18-10-4-6-14(16)17-8-10/h3-8,12,18-19H,2H2,1H3. The molecule has 2 aromatic rings. The van der Waals surface area contributed by atoms with E-state index in [1.807, 2.05) is 24.3 Å². The minimum atomic E-state index is 0.0421. The van der Waals surface area contributed by atoms with E-state index in [2.05, 4.69) is 49.1 Å². The summed E-state index contributed by atoms with van der Waals surface area (Å²) in [6.45, 7) is 2.07. The van der Waals surface area contributed by atoms with Crippen LogP contribution in [-0.2, 0) is 0 Å². The van der Waals surface area contributed by atoms with Crippen molar-refractivity contribution in [2.75, 3.05) is 5.32 Å². The number of hydrogen-bond acceptors (Lipinski definition) is 3. The van der Waals surface area contributed by atoms with E-state index in [4.69, 9.17) is 0 Å². The number of anilines is 1. The maximum atomic E-state index is 9.97. The van der Waals surface area contributed by atoms with Crippen LogP contribution in [0.3, 0.4) is 0 Å². The fraction of sp³-hybridized carbons (Fsp3) is 0.214. The third-order valence-electron chi connectivity index (χ3n) is 2.84. The largest absolute Gasteiger partial charge is 0.508 e. The van der Waals surface area contributed by atoms with Crippen molar-refractivity contribution >= 4 is 37.5 Å². The van der Waals surface area contributed by atoms with E-state index in [1.54, 1.807) is 12.3 Å². The molecule has 1 unspecified atom stereocenters. The summed E-state index contributed by atoms with van der Waals surface area (Å²) in [6.07, 6.45) is 2.63. The molecule has 19 heavy (non-hydrogen) atoms. The monoisotopic (exact) mass is 384 g/mol. The summed E-state index contributed by atoms with van der Waals surface area (Å²) in [7, 11) is 0. The van der Waals surface area contributed by atoms with Gasteiger partial charge in [0.15, 0.2) is 0 Å². The molecule has 1 atom stereocenters. The summed E-state index contributed by atoms with van der Waals surface area (Å²) in [5.74, 6) is 0.299. The number of rotatable bonds is 4. The normalized spacial score (nSPS) is 12.2. The van der Waals surface area contributed by atoms with Crippen molar-refractivity contribution in [1.29, 1.82) is 0 Å². The molecule has 0 aliphatic carbocycles. The Labute approximate surface area is 129 Å². The summed E-state index contributed by atoms with van der Waals surface area (Å²) in [5, 5.41) is 13.4. The first-order valence-electron chi connectivity index (χ1n) is 5.96. The van der Waals surface area contributed by atoms with Gasteiger partial charge < -0.3 is 10.4 Å². The highest BCUT2D eigenvalue weighted by molar-refractivity contribution is 9.10. The van der Waals surface area contributed by atoms with E-state index in [0.29, 0.717) is 5.75 Å². The van der Waals surface area contributed by atoms with Crippen LogP contribution in [0.5, 0.6) is 5.75 Å². The van der Waals surface area contributed by atoms with Crippen LogP contribution < -0.4 is 5.32 Å². The molecule has 0 aliphatic heterocycles. The fourth-order valence-electron chi connectivity index (χ4n) is 1.87. The predicted octanol–water partition coefficient (Wildman–Crippen LogP) is 4.88. The molecule has 5 heteroatoms. The summed E-state index contributed by atoms with van der Waals surface area (Å²) in [6, 6.07) is 9.34. The number of aromatic nitrogens is 1. The molecule has 1 aromatic carbocycles. The van der Waals surface area contributed by atoms with Gasteiger partial charge in [-0.15, -0.1) is 0 Å². The lowest BCUT2D eigenvalue weighted by atomic mass is 10.0. The van der Waals surface area contributed by atoms with Gasteiger partial charge >= 0.3 is 0 Å². The molecule has 0 fully saturated rings. The lowest BCUT2D eigenvalue weighted by Gasteiger charge is -2.20. The van der Waals surface area contributed by atoms with Crippen LogP contribution in [0.1, 0.15) is 24.9 Å². The van der Waals surface area contributed by atoms with E-state index in [-0.39, 0.29) is 6.04 Å². The van der Waals surface area contributed by atoms with Crippen LogP contribution >= 0.6 is 31.9 Å². The first kappa shape index (κ1) is 14.3. The van der Waals surface area contributed by atoms with Gasteiger partial charge in [-0.05, 0) is 52.7 Å². The molecule has 0 saturated carbocycles. The number of phenols is 1. The maximum Gasteiger partial charge on any atom is 0.120 e. The lowest BCUT2D eigenvalue weighted by Crippen LogP contribution is -2.10. The van der Waals surface area contributed by atoms with Crippen molar-refractivity contribution < 1.29 is 5.11 Å². The zero-order chi connectivity index (χ0) is 13.8. The van der Waals surface area contributed by atoms with Crippen LogP contribution in [0.15, 0.2) is 45.6 Å². The Balaban J connectivity index is 2.24. The molecule has 2 N–H and O–H groups in total. The molecular weight excluding hydrogens is 372 g/mol. The Morgan fingerprint density at radius 3 is 2.68 bits per heavy atom. The Bertz CT molecular complexity index is 558. The maximum absolute atomic E-state index is 9.97. The molecule has 1 aromatic heterocycles. The summed E-state index contributed by atoms with van der Waals surface area (Å²) in [4.78, 5) is 4.18. The first-order valence-corrected chi connectivity index (χ1v) is 7.55. The average molecular weight is 386 g/mol. The number of nitrogens with zero attached hydrogens (tertiary/aromatic N) is 1. The molecule has 0 aliphatic rings. The van der Waals surface area contributed by atoms with Gasteiger partial charge in [0, 0.05) is 10.0 Å². The van der Waals surface area contributed by atoms with Gasteiger partial charge in [-0.3, -0.25) is 0 Å². The number of pyridine rings is 1. The quantitative estimate of drug-likeness (QED) is 0.737. The highest BCUT2D eigenvalue weighted by Gasteiger charge is 2.14. The average Bonchev–Trinajstić information content (AvgIpc) is 2.41. The first-order chi connectivity index (χ1) is 9.10. The van der Waals surface area contributed by atoms with Gasteiger partial charge in [-0.2, -0.15) is 0 Å². The van der Waals surface area contributed by atoms with E-state index in [9.17, 15) is 5.11 Å². The SMILES string of the molecule is CCC(Nc1ccc(Br)nc1)c1cc(Br)ccc1O. The van der Waals surface area contributed by atoms with Crippen molar-refractivity contribution in [2.45, 2.75) is 19.4 Å². The number of halogens is 2. The Kier molecular flexibility index (Phi) is 4.82. The molecule has 100 valence electrons. The van der Waals surface area contributed by atoms with Crippen LogP contribution in [0.4, 0.5) is 5.69 Å². The summed E-state index contributed by atoms with van der Waals surface area (Å²) in [5.41, 5.74) is 1.80. The van der Waals surface area contributed by atoms with Gasteiger partial charge in [0.05, 0.1) is 17.9 Å². The number of benzene rings is 1. The molecule has 0 radical (unpaired) electrons. The Hall–Kier alpha value is -1.07. The van der Waals surface area contributed by atoms with E-state index in [1.165, 1.54) is 0 Å². The number of hydrogen-bond donors (Lipinski definition) is 2. The van der Waals surface area contributed by atoms with Gasteiger partial charge in [-0.25, -0.2) is 4.98 Å². The topological polar surface area (TPSA) is 45.2 Å². The zero-order valence-corrected chi connectivity index (χ0v) is 13.6. The molecule has 1 heterocycles. The highest BCUT2D eigenvalue weighted by atomic mass is 79.9. The minimum absolute atomic E-state index is 0.0421. The second-order valence-electron chi connectivity index (χ2n) is 4.18.